The average Bonchev–Trinajstić information content (AvgIpc) is 2.24. The van der Waals surface area contributed by atoms with Crippen LogP contribution in [0.25, 0.3) is 0 Å². The Morgan fingerprint density at radius 3 is 2.69 bits per heavy atom. The molecule has 1 N–H and O–H groups in total. The summed E-state index contributed by atoms with van der Waals surface area (Å²) in [6, 6.07) is 4.32. The highest BCUT2D eigenvalue weighted by Crippen LogP contribution is 2.27. The van der Waals surface area contributed by atoms with Gasteiger partial charge in [0.05, 0.1) is 13.5 Å². The minimum absolute atomic E-state index is 0.00308. The van der Waals surface area contributed by atoms with E-state index in [9.17, 15) is 9.18 Å². The van der Waals surface area contributed by atoms with Crippen LogP contribution in [0.4, 0.5) is 4.39 Å². The summed E-state index contributed by atoms with van der Waals surface area (Å²) in [5.74, 6) is -1.05. The predicted octanol–water partition coefficient (Wildman–Crippen LogP) is 2.80. The van der Waals surface area contributed by atoms with Crippen molar-refractivity contribution in [2.45, 2.75) is 25.7 Å². The number of hydrogen-bond donors (Lipinski definition) is 1. The van der Waals surface area contributed by atoms with Crippen LogP contribution >= 0.6 is 0 Å². The first-order chi connectivity index (χ1) is 7.56. The normalized spacial score (nSPS) is 12.2. The van der Waals surface area contributed by atoms with E-state index in [4.69, 9.17) is 9.84 Å². The number of ether oxygens (including phenoxy) is 1. The summed E-state index contributed by atoms with van der Waals surface area (Å²) in [5, 5.41) is 8.75. The van der Waals surface area contributed by atoms with E-state index in [1.54, 1.807) is 6.07 Å². The standard InChI is InChI=1S/C12H15FO3/c1-3-8(6-12(14)15)9-4-10(13)7-11(5-9)16-2/h4-5,7-8H,3,6H2,1-2H3,(H,14,15)/t8-/m1/s1. The molecule has 0 heterocycles. The van der Waals surface area contributed by atoms with Gasteiger partial charge >= 0.3 is 5.97 Å². The fraction of sp³-hybridized carbons (Fsp3) is 0.417. The van der Waals surface area contributed by atoms with E-state index in [0.29, 0.717) is 17.7 Å². The molecule has 4 heteroatoms. The van der Waals surface area contributed by atoms with Crippen LogP contribution in [-0.4, -0.2) is 18.2 Å². The van der Waals surface area contributed by atoms with Crippen LogP contribution in [0.5, 0.6) is 5.75 Å². The van der Waals surface area contributed by atoms with Crippen molar-refractivity contribution in [2.24, 2.45) is 0 Å². The van der Waals surface area contributed by atoms with Gasteiger partial charge in [0.1, 0.15) is 11.6 Å². The Bertz CT molecular complexity index is 377. The second-order valence-electron chi connectivity index (χ2n) is 3.63. The van der Waals surface area contributed by atoms with Gasteiger partial charge in [-0.3, -0.25) is 4.79 Å². The van der Waals surface area contributed by atoms with E-state index in [2.05, 4.69) is 0 Å². The summed E-state index contributed by atoms with van der Waals surface area (Å²) >= 11 is 0. The van der Waals surface area contributed by atoms with Crippen LogP contribution in [-0.2, 0) is 4.79 Å². The highest BCUT2D eigenvalue weighted by molar-refractivity contribution is 5.68. The van der Waals surface area contributed by atoms with E-state index < -0.39 is 11.8 Å². The summed E-state index contributed by atoms with van der Waals surface area (Å²) in [6.45, 7) is 1.88. The topological polar surface area (TPSA) is 46.5 Å². The number of rotatable bonds is 5. The minimum Gasteiger partial charge on any atom is -0.497 e. The molecular weight excluding hydrogens is 211 g/mol. The van der Waals surface area contributed by atoms with Crippen LogP contribution < -0.4 is 4.74 Å². The van der Waals surface area contributed by atoms with Crippen molar-refractivity contribution < 1.29 is 19.0 Å². The number of carboxylic acids is 1. The van der Waals surface area contributed by atoms with Crippen LogP contribution in [0.3, 0.4) is 0 Å². The van der Waals surface area contributed by atoms with Gasteiger partial charge in [-0.05, 0) is 30.0 Å². The number of hydrogen-bond acceptors (Lipinski definition) is 2. The molecule has 88 valence electrons. The number of halogens is 1. The second-order valence-corrected chi connectivity index (χ2v) is 3.63. The lowest BCUT2D eigenvalue weighted by Gasteiger charge is -2.14. The lowest BCUT2D eigenvalue weighted by atomic mass is 9.93. The van der Waals surface area contributed by atoms with Gasteiger partial charge in [-0.25, -0.2) is 4.39 Å². The van der Waals surface area contributed by atoms with Crippen LogP contribution in [0.2, 0.25) is 0 Å². The molecule has 0 amide bonds. The van der Waals surface area contributed by atoms with Gasteiger partial charge in [0, 0.05) is 6.07 Å². The van der Waals surface area contributed by atoms with E-state index >= 15 is 0 Å². The van der Waals surface area contributed by atoms with E-state index in [-0.39, 0.29) is 12.3 Å². The van der Waals surface area contributed by atoms with Gasteiger partial charge in [0.2, 0.25) is 0 Å². The summed E-state index contributed by atoms with van der Waals surface area (Å²) < 4.78 is 18.2. The fourth-order valence-electron chi connectivity index (χ4n) is 1.65. The Hall–Kier alpha value is -1.58. The molecule has 0 aliphatic carbocycles. The van der Waals surface area contributed by atoms with Crippen molar-refractivity contribution in [1.82, 2.24) is 0 Å². The number of carbonyl (C=O) groups is 1. The van der Waals surface area contributed by atoms with Crippen molar-refractivity contribution in [3.63, 3.8) is 0 Å². The third-order valence-corrected chi connectivity index (χ3v) is 2.51. The Balaban J connectivity index is 2.99. The molecule has 0 radical (unpaired) electrons. The third-order valence-electron chi connectivity index (χ3n) is 2.51. The van der Waals surface area contributed by atoms with Crippen LogP contribution in [0.1, 0.15) is 31.2 Å². The molecule has 1 atom stereocenters. The molecule has 16 heavy (non-hydrogen) atoms. The second kappa shape index (κ2) is 5.49. The summed E-state index contributed by atoms with van der Waals surface area (Å²) in [5.41, 5.74) is 0.668. The maximum atomic E-state index is 13.2. The lowest BCUT2D eigenvalue weighted by molar-refractivity contribution is -0.137. The SMILES string of the molecule is CC[C@H](CC(=O)O)c1cc(F)cc(OC)c1. The Labute approximate surface area is 93.9 Å². The Kier molecular flexibility index (Phi) is 4.28. The molecule has 0 saturated heterocycles. The zero-order valence-electron chi connectivity index (χ0n) is 9.37. The first-order valence-electron chi connectivity index (χ1n) is 5.13. The number of methoxy groups -OCH3 is 1. The summed E-state index contributed by atoms with van der Waals surface area (Å²) in [4.78, 5) is 10.7. The third kappa shape index (κ3) is 3.22. The van der Waals surface area contributed by atoms with Crippen molar-refractivity contribution in [3.05, 3.63) is 29.6 Å². The molecular formula is C12H15FO3. The van der Waals surface area contributed by atoms with Crippen molar-refractivity contribution in [1.29, 1.82) is 0 Å². The van der Waals surface area contributed by atoms with Gasteiger partial charge in [-0.2, -0.15) is 0 Å². The zero-order valence-corrected chi connectivity index (χ0v) is 9.37. The van der Waals surface area contributed by atoms with Crippen molar-refractivity contribution in [3.8, 4) is 5.75 Å². The van der Waals surface area contributed by atoms with Crippen molar-refractivity contribution >= 4 is 5.97 Å². The highest BCUT2D eigenvalue weighted by Gasteiger charge is 2.15. The molecule has 0 aliphatic rings. The van der Waals surface area contributed by atoms with Gasteiger partial charge in [-0.15, -0.1) is 0 Å². The molecule has 0 bridgehead atoms. The number of carboxylic acid groups (broad SMARTS) is 1. The first kappa shape index (κ1) is 12.5. The van der Waals surface area contributed by atoms with Crippen LogP contribution in [0.15, 0.2) is 18.2 Å². The monoisotopic (exact) mass is 226 g/mol. The molecule has 0 fully saturated rings. The van der Waals surface area contributed by atoms with Crippen molar-refractivity contribution in [2.75, 3.05) is 7.11 Å². The van der Waals surface area contributed by atoms with Gasteiger partial charge < -0.3 is 9.84 Å². The largest absolute Gasteiger partial charge is 0.497 e. The van der Waals surface area contributed by atoms with E-state index in [1.165, 1.54) is 19.2 Å². The van der Waals surface area contributed by atoms with Gasteiger partial charge in [-0.1, -0.05) is 6.92 Å². The maximum absolute atomic E-state index is 13.2. The molecule has 1 rings (SSSR count). The molecule has 1 aromatic carbocycles. The number of aliphatic carboxylic acids is 1. The Morgan fingerprint density at radius 2 is 2.19 bits per heavy atom. The molecule has 0 aliphatic heterocycles. The van der Waals surface area contributed by atoms with Crippen LogP contribution in [0, 0.1) is 5.82 Å². The smallest absolute Gasteiger partial charge is 0.303 e. The molecule has 0 unspecified atom stereocenters. The highest BCUT2D eigenvalue weighted by atomic mass is 19.1. The predicted molar refractivity (Wildman–Crippen MR) is 58.2 cm³/mol. The zero-order chi connectivity index (χ0) is 12.1. The van der Waals surface area contributed by atoms with Gasteiger partial charge in [0.25, 0.3) is 0 Å². The molecule has 1 aromatic rings. The maximum Gasteiger partial charge on any atom is 0.303 e. The Morgan fingerprint density at radius 1 is 1.50 bits per heavy atom. The molecule has 0 saturated carbocycles. The van der Waals surface area contributed by atoms with Gasteiger partial charge in [0.15, 0.2) is 0 Å². The summed E-state index contributed by atoms with van der Waals surface area (Å²) in [7, 11) is 1.46. The number of benzene rings is 1. The molecule has 0 spiro atoms. The first-order valence-corrected chi connectivity index (χ1v) is 5.13. The lowest BCUT2D eigenvalue weighted by Crippen LogP contribution is -2.06. The van der Waals surface area contributed by atoms with E-state index in [1.807, 2.05) is 6.92 Å². The summed E-state index contributed by atoms with van der Waals surface area (Å²) in [6.07, 6.45) is 0.655. The quantitative estimate of drug-likeness (QED) is 0.839. The minimum atomic E-state index is -0.880. The fourth-order valence-corrected chi connectivity index (χ4v) is 1.65. The molecule has 3 nitrogen and oxygen atoms in total. The average molecular weight is 226 g/mol. The van der Waals surface area contributed by atoms with E-state index in [0.717, 1.165) is 0 Å². The molecule has 0 aromatic heterocycles.